The standard InChI is InChI=1S/C7H10NO/c1-6-4-3-5-7(2)8(6)9/h3-5,9H,1-2H3/q+1. The van der Waals surface area contributed by atoms with Crippen molar-refractivity contribution in [3.63, 3.8) is 0 Å². The maximum Gasteiger partial charge on any atom is 0.231 e. The van der Waals surface area contributed by atoms with Crippen molar-refractivity contribution in [2.24, 2.45) is 0 Å². The molecule has 1 rings (SSSR count). The molecule has 0 saturated carbocycles. The van der Waals surface area contributed by atoms with Crippen molar-refractivity contribution in [3.05, 3.63) is 29.6 Å². The first-order valence-electron chi connectivity index (χ1n) is 2.89. The van der Waals surface area contributed by atoms with Gasteiger partial charge in [-0.3, -0.25) is 5.21 Å². The van der Waals surface area contributed by atoms with Gasteiger partial charge in [0, 0.05) is 30.7 Å². The van der Waals surface area contributed by atoms with Crippen LogP contribution < -0.4 is 4.73 Å². The molecule has 0 aliphatic heterocycles. The Hall–Kier alpha value is -1.05. The SMILES string of the molecule is Cc1cccc(C)[n+]1O. The molecule has 0 saturated heterocycles. The third-order valence-corrected chi connectivity index (χ3v) is 1.34. The first kappa shape index (κ1) is 6.08. The zero-order valence-electron chi connectivity index (χ0n) is 5.63. The topological polar surface area (TPSA) is 24.1 Å². The Morgan fingerprint density at radius 2 is 1.67 bits per heavy atom. The van der Waals surface area contributed by atoms with Crippen LogP contribution in [0.15, 0.2) is 18.2 Å². The second-order valence-corrected chi connectivity index (χ2v) is 2.12. The molecule has 0 aliphatic rings. The van der Waals surface area contributed by atoms with Crippen molar-refractivity contribution >= 4 is 0 Å². The Labute approximate surface area is 54.3 Å². The summed E-state index contributed by atoms with van der Waals surface area (Å²) in [4.78, 5) is 0. The van der Waals surface area contributed by atoms with Crippen molar-refractivity contribution < 1.29 is 9.94 Å². The average Bonchev–Trinajstić information content (AvgIpc) is 1.83. The molecule has 0 fully saturated rings. The van der Waals surface area contributed by atoms with Gasteiger partial charge in [-0.25, -0.2) is 0 Å². The molecule has 9 heavy (non-hydrogen) atoms. The number of hydrogen-bond acceptors (Lipinski definition) is 1. The summed E-state index contributed by atoms with van der Waals surface area (Å²) >= 11 is 0. The van der Waals surface area contributed by atoms with E-state index in [4.69, 9.17) is 5.21 Å². The summed E-state index contributed by atoms with van der Waals surface area (Å²) in [6.45, 7) is 3.71. The quantitative estimate of drug-likeness (QED) is 0.402. The lowest BCUT2D eigenvalue weighted by Gasteiger charge is -1.89. The highest BCUT2D eigenvalue weighted by atomic mass is 16.5. The Morgan fingerprint density at radius 1 is 1.22 bits per heavy atom. The van der Waals surface area contributed by atoms with E-state index in [9.17, 15) is 0 Å². The summed E-state index contributed by atoms with van der Waals surface area (Å²) < 4.78 is 1.17. The molecule has 0 aromatic carbocycles. The molecule has 2 heteroatoms. The van der Waals surface area contributed by atoms with E-state index in [1.807, 2.05) is 32.0 Å². The molecule has 0 atom stereocenters. The van der Waals surface area contributed by atoms with Crippen LogP contribution in [-0.2, 0) is 0 Å². The van der Waals surface area contributed by atoms with Crippen molar-refractivity contribution in [1.29, 1.82) is 0 Å². The second kappa shape index (κ2) is 2.05. The van der Waals surface area contributed by atoms with Gasteiger partial charge in [-0.05, 0) is 6.07 Å². The molecule has 0 aliphatic carbocycles. The minimum absolute atomic E-state index is 0.856. The summed E-state index contributed by atoms with van der Waals surface area (Å²) in [6.07, 6.45) is 0. The zero-order valence-corrected chi connectivity index (χ0v) is 5.63. The van der Waals surface area contributed by atoms with E-state index in [1.165, 1.54) is 4.73 Å². The minimum atomic E-state index is 0.856. The molecule has 0 unspecified atom stereocenters. The lowest BCUT2D eigenvalue weighted by atomic mass is 10.3. The summed E-state index contributed by atoms with van der Waals surface area (Å²) in [5, 5.41) is 9.12. The van der Waals surface area contributed by atoms with Crippen molar-refractivity contribution in [2.75, 3.05) is 0 Å². The zero-order chi connectivity index (χ0) is 6.85. The fourth-order valence-electron chi connectivity index (χ4n) is 0.746. The van der Waals surface area contributed by atoms with Crippen LogP contribution in [0.5, 0.6) is 0 Å². The van der Waals surface area contributed by atoms with E-state index in [0.29, 0.717) is 0 Å². The summed E-state index contributed by atoms with van der Waals surface area (Å²) in [5.74, 6) is 0. The molecule has 48 valence electrons. The molecule has 1 aromatic rings. The molecule has 1 N–H and O–H groups in total. The van der Waals surface area contributed by atoms with Gasteiger partial charge in [-0.15, -0.1) is 0 Å². The van der Waals surface area contributed by atoms with Gasteiger partial charge >= 0.3 is 0 Å². The highest BCUT2D eigenvalue weighted by molar-refractivity contribution is 4.99. The smallest absolute Gasteiger partial charge is 0.231 e. The third-order valence-electron chi connectivity index (χ3n) is 1.34. The Morgan fingerprint density at radius 3 is 2.00 bits per heavy atom. The lowest BCUT2D eigenvalue weighted by molar-refractivity contribution is -0.912. The summed E-state index contributed by atoms with van der Waals surface area (Å²) in [7, 11) is 0. The van der Waals surface area contributed by atoms with Crippen LogP contribution in [0, 0.1) is 13.8 Å². The van der Waals surface area contributed by atoms with Gasteiger partial charge in [-0.1, -0.05) is 0 Å². The van der Waals surface area contributed by atoms with Crippen LogP contribution in [0.3, 0.4) is 0 Å². The number of pyridine rings is 1. The van der Waals surface area contributed by atoms with Gasteiger partial charge in [0.2, 0.25) is 11.4 Å². The summed E-state index contributed by atoms with van der Waals surface area (Å²) in [5.41, 5.74) is 1.71. The predicted octanol–water partition coefficient (Wildman–Crippen LogP) is 0.828. The fourth-order valence-corrected chi connectivity index (χ4v) is 0.746. The van der Waals surface area contributed by atoms with E-state index in [2.05, 4.69) is 0 Å². The number of aryl methyl sites for hydroxylation is 2. The first-order chi connectivity index (χ1) is 4.22. The maximum absolute atomic E-state index is 9.12. The molecular weight excluding hydrogens is 114 g/mol. The molecule has 2 nitrogen and oxygen atoms in total. The molecule has 1 heterocycles. The minimum Gasteiger partial charge on any atom is -0.285 e. The van der Waals surface area contributed by atoms with Gasteiger partial charge in [0.25, 0.3) is 0 Å². The van der Waals surface area contributed by atoms with Crippen LogP contribution in [0.4, 0.5) is 0 Å². The van der Waals surface area contributed by atoms with Crippen LogP contribution in [0.1, 0.15) is 11.4 Å². The number of hydrogen-bond donors (Lipinski definition) is 1. The predicted molar refractivity (Wildman–Crippen MR) is 33.3 cm³/mol. The Balaban J connectivity index is 3.25. The van der Waals surface area contributed by atoms with Crippen LogP contribution >= 0.6 is 0 Å². The summed E-state index contributed by atoms with van der Waals surface area (Å²) in [6, 6.07) is 5.62. The molecule has 0 spiro atoms. The molecule has 0 bridgehead atoms. The van der Waals surface area contributed by atoms with E-state index in [-0.39, 0.29) is 0 Å². The van der Waals surface area contributed by atoms with E-state index < -0.39 is 0 Å². The highest BCUT2D eigenvalue weighted by Gasteiger charge is 2.04. The molecule has 0 amide bonds. The largest absolute Gasteiger partial charge is 0.285 e. The van der Waals surface area contributed by atoms with E-state index in [1.54, 1.807) is 0 Å². The Kier molecular flexibility index (Phi) is 1.39. The van der Waals surface area contributed by atoms with Crippen molar-refractivity contribution in [3.8, 4) is 0 Å². The third kappa shape index (κ3) is 1.02. The molecular formula is C7H10NO+. The van der Waals surface area contributed by atoms with E-state index >= 15 is 0 Å². The molecule has 1 aromatic heterocycles. The van der Waals surface area contributed by atoms with Crippen molar-refractivity contribution in [2.45, 2.75) is 13.8 Å². The number of rotatable bonds is 0. The number of aromatic nitrogens is 1. The maximum atomic E-state index is 9.12. The van der Waals surface area contributed by atoms with Crippen molar-refractivity contribution in [1.82, 2.24) is 0 Å². The Bertz CT molecular complexity index is 200. The van der Waals surface area contributed by atoms with Gasteiger partial charge in [0.05, 0.1) is 0 Å². The van der Waals surface area contributed by atoms with Crippen LogP contribution in [-0.4, -0.2) is 5.21 Å². The second-order valence-electron chi connectivity index (χ2n) is 2.12. The fraction of sp³-hybridized carbons (Fsp3) is 0.286. The highest BCUT2D eigenvalue weighted by Crippen LogP contribution is 1.90. The van der Waals surface area contributed by atoms with Crippen LogP contribution in [0.25, 0.3) is 0 Å². The van der Waals surface area contributed by atoms with Crippen LogP contribution in [0.2, 0.25) is 0 Å². The lowest BCUT2D eigenvalue weighted by Crippen LogP contribution is -2.36. The van der Waals surface area contributed by atoms with Gasteiger partial charge < -0.3 is 0 Å². The first-order valence-corrected chi connectivity index (χ1v) is 2.89. The normalized spacial score (nSPS) is 9.56. The van der Waals surface area contributed by atoms with Gasteiger partial charge in [0.1, 0.15) is 0 Å². The monoisotopic (exact) mass is 124 g/mol. The van der Waals surface area contributed by atoms with E-state index in [0.717, 1.165) is 11.4 Å². The van der Waals surface area contributed by atoms with Gasteiger partial charge in [0.15, 0.2) is 0 Å². The average molecular weight is 124 g/mol. The molecule has 0 radical (unpaired) electrons. The van der Waals surface area contributed by atoms with Gasteiger partial charge in [-0.2, -0.15) is 0 Å². The number of nitrogens with zero attached hydrogens (tertiary/aromatic N) is 1.